The van der Waals surface area contributed by atoms with E-state index in [4.69, 9.17) is 0 Å². The smallest absolute Gasteiger partial charge is 0.311 e. The molecule has 0 bridgehead atoms. The minimum absolute atomic E-state index is 0.0419. The molecule has 1 heterocycles. The normalized spacial score (nSPS) is 10.8. The highest BCUT2D eigenvalue weighted by Gasteiger charge is 2.13. The largest absolute Gasteiger partial charge is 0.502 e. The van der Waals surface area contributed by atoms with Crippen molar-refractivity contribution in [2.75, 3.05) is 16.1 Å². The molecule has 0 saturated carbocycles. The summed E-state index contributed by atoms with van der Waals surface area (Å²) >= 11 is 0. The van der Waals surface area contributed by atoms with E-state index in [2.05, 4.69) is 36.1 Å². The summed E-state index contributed by atoms with van der Waals surface area (Å²) in [5.41, 5.74) is 5.94. The first-order valence-electron chi connectivity index (χ1n) is 11.1. The summed E-state index contributed by atoms with van der Waals surface area (Å²) in [6.07, 6.45) is 1.30. The summed E-state index contributed by atoms with van der Waals surface area (Å²) in [6, 6.07) is 15.3. The molecule has 0 aliphatic rings. The summed E-state index contributed by atoms with van der Waals surface area (Å²) in [5, 5.41) is 41.7. The van der Waals surface area contributed by atoms with Gasteiger partial charge in [-0.05, 0) is 61.4 Å². The molecule has 0 radical (unpaired) electrons. The van der Waals surface area contributed by atoms with Crippen LogP contribution in [0.1, 0.15) is 16.7 Å². The van der Waals surface area contributed by atoms with Crippen molar-refractivity contribution in [2.24, 2.45) is 5.10 Å². The minimum Gasteiger partial charge on any atom is -0.502 e. The van der Waals surface area contributed by atoms with Crippen LogP contribution in [0.2, 0.25) is 0 Å². The van der Waals surface area contributed by atoms with E-state index in [0.29, 0.717) is 11.3 Å². The van der Waals surface area contributed by atoms with Gasteiger partial charge in [0.1, 0.15) is 0 Å². The lowest BCUT2D eigenvalue weighted by molar-refractivity contribution is -0.385. The summed E-state index contributed by atoms with van der Waals surface area (Å²) in [4.78, 5) is 33.7. The van der Waals surface area contributed by atoms with Crippen molar-refractivity contribution in [3.8, 4) is 5.75 Å². The Labute approximate surface area is 215 Å². The lowest BCUT2D eigenvalue weighted by Crippen LogP contribution is -2.07. The lowest BCUT2D eigenvalue weighted by Gasteiger charge is -2.11. The number of nitrogens with one attached hydrogen (secondary N) is 3. The molecule has 3 aromatic carbocycles. The van der Waals surface area contributed by atoms with Crippen LogP contribution in [0.3, 0.4) is 0 Å². The number of anilines is 5. The molecule has 0 unspecified atom stereocenters. The van der Waals surface area contributed by atoms with E-state index in [9.17, 15) is 25.3 Å². The van der Waals surface area contributed by atoms with Crippen LogP contribution in [0.15, 0.2) is 65.8 Å². The van der Waals surface area contributed by atoms with Crippen LogP contribution >= 0.6 is 0 Å². The Hall–Kier alpha value is -5.66. The van der Waals surface area contributed by atoms with E-state index in [1.54, 1.807) is 0 Å². The number of rotatable bonds is 9. The first-order valence-corrected chi connectivity index (χ1v) is 11.1. The van der Waals surface area contributed by atoms with Gasteiger partial charge in [0.05, 0.1) is 16.1 Å². The molecule has 0 aliphatic carbocycles. The fraction of sp³-hybridized carbons (Fsp3) is 0.0833. The maximum Gasteiger partial charge on any atom is 0.311 e. The van der Waals surface area contributed by atoms with Crippen LogP contribution in [-0.4, -0.2) is 36.1 Å². The number of aromatic hydroxyl groups is 1. The number of benzene rings is 3. The van der Waals surface area contributed by atoms with Gasteiger partial charge in [-0.1, -0.05) is 6.07 Å². The number of aromatic nitrogens is 3. The first kappa shape index (κ1) is 25.4. The molecule has 38 heavy (non-hydrogen) atoms. The number of phenols is 1. The van der Waals surface area contributed by atoms with Gasteiger partial charge in [-0.3, -0.25) is 20.2 Å². The number of non-ortho nitro benzene ring substituents is 1. The predicted octanol–water partition coefficient (Wildman–Crippen LogP) is 4.94. The summed E-state index contributed by atoms with van der Waals surface area (Å²) in [7, 11) is 0. The van der Waals surface area contributed by atoms with Crippen molar-refractivity contribution in [3.63, 3.8) is 0 Å². The van der Waals surface area contributed by atoms with Gasteiger partial charge in [-0.25, -0.2) is 5.43 Å². The number of nitrogens with zero attached hydrogens (tertiary/aromatic N) is 6. The number of nitro groups is 2. The zero-order chi connectivity index (χ0) is 27.2. The molecule has 0 spiro atoms. The summed E-state index contributed by atoms with van der Waals surface area (Å²) in [6.45, 7) is 3.97. The monoisotopic (exact) mass is 515 g/mol. The van der Waals surface area contributed by atoms with Gasteiger partial charge in [0.2, 0.25) is 17.8 Å². The third kappa shape index (κ3) is 6.31. The average molecular weight is 515 g/mol. The highest BCUT2D eigenvalue weighted by Crippen LogP contribution is 2.26. The van der Waals surface area contributed by atoms with Crippen LogP contribution in [0.5, 0.6) is 5.75 Å². The van der Waals surface area contributed by atoms with Crippen molar-refractivity contribution in [2.45, 2.75) is 13.8 Å². The minimum atomic E-state index is -0.701. The van der Waals surface area contributed by atoms with Gasteiger partial charge < -0.3 is 15.7 Å². The Morgan fingerprint density at radius 2 is 1.42 bits per heavy atom. The average Bonchev–Trinajstić information content (AvgIpc) is 2.87. The quantitative estimate of drug-likeness (QED) is 0.134. The third-order valence-corrected chi connectivity index (χ3v) is 5.31. The van der Waals surface area contributed by atoms with Gasteiger partial charge in [-0.15, -0.1) is 0 Å². The Kier molecular flexibility index (Phi) is 7.33. The Balaban J connectivity index is 1.60. The maximum absolute atomic E-state index is 11.0. The predicted molar refractivity (Wildman–Crippen MR) is 141 cm³/mol. The molecule has 1 aromatic heterocycles. The van der Waals surface area contributed by atoms with Gasteiger partial charge in [-0.2, -0.15) is 20.1 Å². The number of aryl methyl sites for hydroxylation is 2. The van der Waals surface area contributed by atoms with Gasteiger partial charge >= 0.3 is 5.69 Å². The van der Waals surface area contributed by atoms with Crippen LogP contribution in [-0.2, 0) is 0 Å². The Morgan fingerprint density at radius 1 is 0.789 bits per heavy atom. The van der Waals surface area contributed by atoms with Crippen molar-refractivity contribution in [1.82, 2.24) is 15.0 Å². The molecule has 0 atom stereocenters. The molecular weight excluding hydrogens is 494 g/mol. The van der Waals surface area contributed by atoms with E-state index in [0.717, 1.165) is 16.8 Å². The molecule has 0 fully saturated rings. The molecule has 0 aliphatic heterocycles. The Morgan fingerprint density at radius 3 is 2.05 bits per heavy atom. The molecular formula is C24H21N9O5. The molecule has 4 rings (SSSR count). The topological polar surface area (TPSA) is 194 Å². The fourth-order valence-corrected chi connectivity index (χ4v) is 3.21. The van der Waals surface area contributed by atoms with Gasteiger partial charge in [0.15, 0.2) is 5.75 Å². The molecule has 14 heteroatoms. The second-order valence-electron chi connectivity index (χ2n) is 8.03. The zero-order valence-corrected chi connectivity index (χ0v) is 20.1. The van der Waals surface area contributed by atoms with E-state index < -0.39 is 21.3 Å². The van der Waals surface area contributed by atoms with Crippen molar-refractivity contribution >= 4 is 46.8 Å². The summed E-state index contributed by atoms with van der Waals surface area (Å²) < 4.78 is 0. The fourth-order valence-electron chi connectivity index (χ4n) is 3.21. The molecule has 0 amide bonds. The highest BCUT2D eigenvalue weighted by molar-refractivity contribution is 5.82. The number of nitro benzene ring substituents is 2. The highest BCUT2D eigenvalue weighted by atomic mass is 16.6. The van der Waals surface area contributed by atoms with Crippen molar-refractivity contribution < 1.29 is 15.0 Å². The standard InChI is InChI=1S/C24H21N9O5/c1-14-3-5-18(11-15(14)2)27-23-28-22(26-17-6-8-19(9-7-17)32(35)36)29-24(30-23)31-25-13-16-4-10-21(34)20(12-16)33(37)38/h3-13,34H,1-2H3,(H3,26,27,28,29,30,31)/b25-13-. The molecule has 4 aromatic rings. The molecule has 4 N–H and O–H groups in total. The number of hydrazone groups is 1. The second-order valence-corrected chi connectivity index (χ2v) is 8.03. The van der Waals surface area contributed by atoms with E-state index in [-0.39, 0.29) is 23.5 Å². The second kappa shape index (κ2) is 10.9. The third-order valence-electron chi connectivity index (χ3n) is 5.31. The van der Waals surface area contributed by atoms with Crippen LogP contribution in [0, 0.1) is 34.1 Å². The number of hydrogen-bond donors (Lipinski definition) is 4. The zero-order valence-electron chi connectivity index (χ0n) is 20.1. The first-order chi connectivity index (χ1) is 18.2. The van der Waals surface area contributed by atoms with Crippen LogP contribution in [0.25, 0.3) is 0 Å². The van der Waals surface area contributed by atoms with E-state index in [1.807, 2.05) is 32.0 Å². The van der Waals surface area contributed by atoms with E-state index >= 15 is 0 Å². The maximum atomic E-state index is 11.0. The molecule has 14 nitrogen and oxygen atoms in total. The number of phenolic OH excluding ortho intramolecular Hbond substituents is 1. The lowest BCUT2D eigenvalue weighted by atomic mass is 10.1. The van der Waals surface area contributed by atoms with Gasteiger partial charge in [0, 0.05) is 35.1 Å². The van der Waals surface area contributed by atoms with Crippen LogP contribution < -0.4 is 16.1 Å². The Bertz CT molecular complexity index is 1540. The van der Waals surface area contributed by atoms with Gasteiger partial charge in [0.25, 0.3) is 5.69 Å². The van der Waals surface area contributed by atoms with Crippen molar-refractivity contribution in [3.05, 3.63) is 97.6 Å². The summed E-state index contributed by atoms with van der Waals surface area (Å²) in [5.74, 6) is -0.106. The molecule has 0 saturated heterocycles. The van der Waals surface area contributed by atoms with Crippen LogP contribution in [0.4, 0.5) is 40.6 Å². The SMILES string of the molecule is Cc1ccc(Nc2nc(N/N=C\c3ccc(O)c([N+](=O)[O-])c3)nc(Nc3ccc([N+](=O)[O-])cc3)n2)cc1C. The van der Waals surface area contributed by atoms with E-state index in [1.165, 1.54) is 48.7 Å². The van der Waals surface area contributed by atoms with Crippen molar-refractivity contribution in [1.29, 1.82) is 0 Å². The molecule has 192 valence electrons. The number of hydrogen-bond acceptors (Lipinski definition) is 12.